The zero-order valence-corrected chi connectivity index (χ0v) is 31.1. The number of hydrogen-bond acceptors (Lipinski definition) is 3. The lowest BCUT2D eigenvalue weighted by molar-refractivity contribution is -0.138. The van der Waals surface area contributed by atoms with Gasteiger partial charge in [-0.2, -0.15) is 0 Å². The van der Waals surface area contributed by atoms with E-state index in [1.54, 1.807) is 19.4 Å². The first-order chi connectivity index (χ1) is 22.6. The van der Waals surface area contributed by atoms with Gasteiger partial charge in [-0.15, -0.1) is 0 Å². The van der Waals surface area contributed by atoms with Crippen molar-refractivity contribution in [2.75, 3.05) is 13.1 Å². The smallest absolute Gasteiger partial charge is 0.226 e. The summed E-state index contributed by atoms with van der Waals surface area (Å²) >= 11 is 0. The van der Waals surface area contributed by atoms with Crippen molar-refractivity contribution in [3.05, 3.63) is 18.2 Å². The molecule has 1 aromatic heterocycles. The lowest BCUT2D eigenvalue weighted by Crippen LogP contribution is -2.39. The summed E-state index contributed by atoms with van der Waals surface area (Å²) in [7, 11) is 0. The zero-order chi connectivity index (χ0) is 33.3. The molecule has 5 nitrogen and oxygen atoms in total. The van der Waals surface area contributed by atoms with Crippen LogP contribution in [0.5, 0.6) is 0 Å². The highest BCUT2D eigenvalue weighted by atomic mass is 16.2. The molecule has 0 bridgehead atoms. The van der Waals surface area contributed by atoms with E-state index < -0.39 is 0 Å². The number of Topliss-reactive ketones (excluding diaryl/α,β-unsaturated/α-hetero) is 1. The number of carbonyl (C=O) groups excluding carboxylic acids is 2. The number of rotatable bonds is 35. The number of H-pyrrole nitrogens is 1. The molecule has 5 heteroatoms. The van der Waals surface area contributed by atoms with E-state index in [0.29, 0.717) is 12.8 Å². The molecule has 0 saturated heterocycles. The Morgan fingerprint density at radius 2 is 0.935 bits per heavy atom. The van der Waals surface area contributed by atoms with Gasteiger partial charge in [-0.05, 0) is 19.8 Å². The van der Waals surface area contributed by atoms with Gasteiger partial charge in [0.25, 0.3) is 0 Å². The van der Waals surface area contributed by atoms with Gasteiger partial charge in [-0.3, -0.25) is 4.79 Å². The number of unbranched alkanes of at least 4 members (excludes halogenated alkanes) is 26. The third-order valence-corrected chi connectivity index (χ3v) is 9.78. The highest BCUT2D eigenvalue weighted by Gasteiger charge is 2.26. The predicted molar refractivity (Wildman–Crippen MR) is 198 cm³/mol. The molecule has 0 aliphatic rings. The van der Waals surface area contributed by atoms with Crippen LogP contribution in [0.1, 0.15) is 213 Å². The second-order valence-corrected chi connectivity index (χ2v) is 14.4. The average molecular weight is 644 g/mol. The van der Waals surface area contributed by atoms with Gasteiger partial charge < -0.3 is 14.7 Å². The van der Waals surface area contributed by atoms with Gasteiger partial charge in [-0.1, -0.05) is 181 Å². The van der Waals surface area contributed by atoms with E-state index in [0.717, 1.165) is 31.6 Å². The molecule has 1 aromatic rings. The summed E-state index contributed by atoms with van der Waals surface area (Å²) < 4.78 is 0. The number of hydrogen-bond donors (Lipinski definition) is 1. The molecular formula is C41H77N3O2. The molecule has 1 N–H and O–H groups in total. The molecule has 0 aromatic carbocycles. The van der Waals surface area contributed by atoms with Gasteiger partial charge >= 0.3 is 0 Å². The van der Waals surface area contributed by atoms with Crippen molar-refractivity contribution in [1.82, 2.24) is 14.9 Å². The van der Waals surface area contributed by atoms with E-state index >= 15 is 0 Å². The second-order valence-electron chi connectivity index (χ2n) is 14.4. The van der Waals surface area contributed by atoms with Crippen LogP contribution < -0.4 is 0 Å². The Labute approximate surface area is 286 Å². The number of ketones is 1. The minimum absolute atomic E-state index is 0.0887. The Bertz CT molecular complexity index is 762. The maximum atomic E-state index is 13.8. The number of amides is 1. The third-order valence-electron chi connectivity index (χ3n) is 9.78. The lowest BCUT2D eigenvalue weighted by Gasteiger charge is -2.27. The summed E-state index contributed by atoms with van der Waals surface area (Å²) in [5, 5.41) is 0. The van der Waals surface area contributed by atoms with Crippen LogP contribution in [0.4, 0.5) is 0 Å². The van der Waals surface area contributed by atoms with Crippen molar-refractivity contribution in [3.8, 4) is 0 Å². The van der Waals surface area contributed by atoms with E-state index in [9.17, 15) is 9.59 Å². The second kappa shape index (κ2) is 31.9. The van der Waals surface area contributed by atoms with Crippen molar-refractivity contribution in [1.29, 1.82) is 0 Å². The van der Waals surface area contributed by atoms with Crippen LogP contribution in [0.2, 0.25) is 0 Å². The lowest BCUT2D eigenvalue weighted by atomic mass is 9.95. The summed E-state index contributed by atoms with van der Waals surface area (Å²) in [6, 6.07) is 0. The number of aromatic nitrogens is 2. The molecular weight excluding hydrogens is 566 g/mol. The van der Waals surface area contributed by atoms with Gasteiger partial charge in [-0.25, -0.2) is 4.98 Å². The van der Waals surface area contributed by atoms with Gasteiger partial charge in [0.05, 0.1) is 12.2 Å². The van der Waals surface area contributed by atoms with Crippen molar-refractivity contribution in [2.45, 2.75) is 213 Å². The summed E-state index contributed by atoms with van der Waals surface area (Å²) in [5.74, 6) is -0.0452. The maximum Gasteiger partial charge on any atom is 0.226 e. The number of nitrogens with zero attached hydrogens (tertiary/aromatic N) is 2. The molecule has 1 unspecified atom stereocenters. The first-order valence-corrected chi connectivity index (χ1v) is 20.3. The monoisotopic (exact) mass is 644 g/mol. The Hall–Kier alpha value is -1.65. The molecule has 1 heterocycles. The Kier molecular flexibility index (Phi) is 29.4. The first-order valence-electron chi connectivity index (χ1n) is 20.3. The quantitative estimate of drug-likeness (QED) is 0.0748. The Balaban J connectivity index is 2.33. The fourth-order valence-corrected chi connectivity index (χ4v) is 6.84. The third kappa shape index (κ3) is 25.4. The van der Waals surface area contributed by atoms with Crippen molar-refractivity contribution in [2.24, 2.45) is 5.92 Å². The van der Waals surface area contributed by atoms with E-state index in [1.165, 1.54) is 167 Å². The zero-order valence-electron chi connectivity index (χ0n) is 31.1. The largest absolute Gasteiger partial charge is 0.348 e. The maximum absolute atomic E-state index is 13.8. The molecule has 1 rings (SSSR count). The Morgan fingerprint density at radius 1 is 0.587 bits per heavy atom. The van der Waals surface area contributed by atoms with E-state index in [1.807, 2.05) is 0 Å². The normalized spacial score (nSPS) is 12.1. The summed E-state index contributed by atoms with van der Waals surface area (Å²) in [6.07, 6.45) is 41.9. The van der Waals surface area contributed by atoms with Crippen LogP contribution in [-0.2, 0) is 16.0 Å². The molecule has 0 saturated carbocycles. The first kappa shape index (κ1) is 42.4. The van der Waals surface area contributed by atoms with E-state index in [2.05, 4.69) is 28.7 Å². The van der Waals surface area contributed by atoms with Crippen LogP contribution in [0.3, 0.4) is 0 Å². The molecule has 0 radical (unpaired) electrons. The van der Waals surface area contributed by atoms with Gasteiger partial charge in [0.1, 0.15) is 5.78 Å². The number of aromatic amines is 1. The Morgan fingerprint density at radius 3 is 1.24 bits per heavy atom. The fourth-order valence-electron chi connectivity index (χ4n) is 6.84. The molecule has 0 spiro atoms. The van der Waals surface area contributed by atoms with Crippen molar-refractivity contribution < 1.29 is 9.59 Å². The van der Waals surface area contributed by atoms with Crippen LogP contribution in [0, 0.1) is 5.92 Å². The van der Waals surface area contributed by atoms with Crippen molar-refractivity contribution >= 4 is 11.7 Å². The highest BCUT2D eigenvalue weighted by Crippen LogP contribution is 2.19. The molecule has 0 aliphatic carbocycles. The van der Waals surface area contributed by atoms with Crippen LogP contribution in [0.25, 0.3) is 0 Å². The van der Waals surface area contributed by atoms with E-state index in [4.69, 9.17) is 0 Å². The van der Waals surface area contributed by atoms with Crippen LogP contribution in [0.15, 0.2) is 12.5 Å². The highest BCUT2D eigenvalue weighted by molar-refractivity contribution is 5.85. The topological polar surface area (TPSA) is 66.1 Å². The molecule has 268 valence electrons. The summed E-state index contributed by atoms with van der Waals surface area (Å²) in [5.41, 5.74) is 0.938. The van der Waals surface area contributed by atoms with Crippen LogP contribution in [-0.4, -0.2) is 39.6 Å². The minimum atomic E-state index is -0.295. The number of imidazole rings is 1. The SMILES string of the molecule is CCCCCCCCCCCCCCCCN(CCCCCCCCCCCCCCCC)C(=O)C(CC(C)=O)Cc1cnc[nH]1. The van der Waals surface area contributed by atoms with Crippen molar-refractivity contribution in [3.63, 3.8) is 0 Å². The van der Waals surface area contributed by atoms with Gasteiger partial charge in [0, 0.05) is 37.8 Å². The number of nitrogens with one attached hydrogen (secondary N) is 1. The molecule has 46 heavy (non-hydrogen) atoms. The van der Waals surface area contributed by atoms with Gasteiger partial charge in [0.15, 0.2) is 0 Å². The van der Waals surface area contributed by atoms with E-state index in [-0.39, 0.29) is 17.6 Å². The molecule has 0 fully saturated rings. The van der Waals surface area contributed by atoms with Gasteiger partial charge in [0.2, 0.25) is 5.91 Å². The summed E-state index contributed by atoms with van der Waals surface area (Å²) in [4.78, 5) is 35.3. The van der Waals surface area contributed by atoms with Crippen LogP contribution >= 0.6 is 0 Å². The fraction of sp³-hybridized carbons (Fsp3) is 0.878. The average Bonchev–Trinajstić information content (AvgIpc) is 3.56. The summed E-state index contributed by atoms with van der Waals surface area (Å²) in [6.45, 7) is 7.83. The number of carbonyl (C=O) groups is 2. The minimum Gasteiger partial charge on any atom is -0.348 e. The predicted octanol–water partition coefficient (Wildman–Crippen LogP) is 12.3. The molecule has 1 amide bonds. The molecule has 0 aliphatic heterocycles. The molecule has 1 atom stereocenters. The standard InChI is InChI=1S/C41H77N3O2/c1-4-6-8-10-12-14-16-18-20-22-24-26-28-30-32-44(41(46)39(34-38(3)45)35-40-36-42-37-43-40)33-31-29-27-25-23-21-19-17-15-13-11-9-7-5-2/h36-37,39H,4-35H2,1-3H3,(H,42,43).